The molecular formula is C12H13NO4. The Labute approximate surface area is 99.1 Å². The summed E-state index contributed by atoms with van der Waals surface area (Å²) >= 11 is 0. The number of rotatable bonds is 3. The molecule has 1 aliphatic heterocycles. The maximum Gasteiger partial charge on any atom is 0.277 e. The van der Waals surface area contributed by atoms with Crippen molar-refractivity contribution in [1.82, 2.24) is 5.06 Å². The van der Waals surface area contributed by atoms with Gasteiger partial charge in [-0.2, -0.15) is 0 Å². The molecule has 0 aromatic heterocycles. The van der Waals surface area contributed by atoms with Crippen LogP contribution in [0, 0.1) is 0 Å². The Morgan fingerprint density at radius 3 is 2.71 bits per heavy atom. The third-order valence-corrected chi connectivity index (χ3v) is 2.55. The summed E-state index contributed by atoms with van der Waals surface area (Å²) in [5.74, 6) is 0.917. The van der Waals surface area contributed by atoms with Crippen LogP contribution in [0.3, 0.4) is 0 Å². The number of carbonyl (C=O) groups excluding carboxylic acids is 1. The molecular weight excluding hydrogens is 222 g/mol. The van der Waals surface area contributed by atoms with Gasteiger partial charge in [-0.25, -0.2) is 5.06 Å². The molecule has 1 aromatic carbocycles. The number of benzene rings is 1. The molecule has 0 unspecified atom stereocenters. The highest BCUT2D eigenvalue weighted by molar-refractivity contribution is 5.97. The van der Waals surface area contributed by atoms with Crippen molar-refractivity contribution in [3.05, 3.63) is 29.8 Å². The molecule has 0 N–H and O–H groups in total. The standard InChI is InChI=1S/C12H13NO4/c1-4-8-5-10-11(17-7-16-10)6-9(8)12(14)13(2)15-3/h4-6H,1,7H2,2-3H3. The van der Waals surface area contributed by atoms with Crippen molar-refractivity contribution in [2.45, 2.75) is 0 Å². The third kappa shape index (κ3) is 1.97. The van der Waals surface area contributed by atoms with Gasteiger partial charge in [-0.3, -0.25) is 9.63 Å². The van der Waals surface area contributed by atoms with Gasteiger partial charge in [-0.05, 0) is 17.7 Å². The molecule has 0 fully saturated rings. The number of hydrogen-bond acceptors (Lipinski definition) is 4. The van der Waals surface area contributed by atoms with Gasteiger partial charge in [0.1, 0.15) is 0 Å². The van der Waals surface area contributed by atoms with Crippen molar-refractivity contribution in [3.8, 4) is 11.5 Å². The maximum absolute atomic E-state index is 12.0. The predicted molar refractivity (Wildman–Crippen MR) is 61.8 cm³/mol. The molecule has 0 aliphatic carbocycles. The Balaban J connectivity index is 2.46. The normalized spacial score (nSPS) is 12.4. The molecule has 0 radical (unpaired) electrons. The number of carbonyl (C=O) groups is 1. The van der Waals surface area contributed by atoms with E-state index in [2.05, 4.69) is 6.58 Å². The molecule has 17 heavy (non-hydrogen) atoms. The van der Waals surface area contributed by atoms with Gasteiger partial charge in [-0.1, -0.05) is 12.7 Å². The minimum absolute atomic E-state index is 0.170. The first-order valence-electron chi connectivity index (χ1n) is 5.05. The lowest BCUT2D eigenvalue weighted by molar-refractivity contribution is -0.0757. The van der Waals surface area contributed by atoms with Gasteiger partial charge in [0.25, 0.3) is 5.91 Å². The second kappa shape index (κ2) is 4.47. The Kier molecular flexibility index (Phi) is 3.01. The van der Waals surface area contributed by atoms with Crippen LogP contribution in [0.15, 0.2) is 18.7 Å². The summed E-state index contributed by atoms with van der Waals surface area (Å²) < 4.78 is 10.5. The number of hydrogen-bond donors (Lipinski definition) is 0. The highest BCUT2D eigenvalue weighted by Gasteiger charge is 2.21. The van der Waals surface area contributed by atoms with Crippen molar-refractivity contribution >= 4 is 12.0 Å². The molecule has 0 saturated carbocycles. The van der Waals surface area contributed by atoms with Crippen LogP contribution in [-0.2, 0) is 4.84 Å². The third-order valence-electron chi connectivity index (χ3n) is 2.55. The van der Waals surface area contributed by atoms with Crippen molar-refractivity contribution in [1.29, 1.82) is 0 Å². The molecule has 0 bridgehead atoms. The predicted octanol–water partition coefficient (Wildman–Crippen LogP) is 1.69. The van der Waals surface area contributed by atoms with Gasteiger partial charge >= 0.3 is 0 Å². The Bertz CT molecular complexity index is 470. The minimum Gasteiger partial charge on any atom is -0.454 e. The molecule has 1 amide bonds. The Morgan fingerprint density at radius 2 is 2.12 bits per heavy atom. The summed E-state index contributed by atoms with van der Waals surface area (Å²) in [5, 5.41) is 1.14. The van der Waals surface area contributed by atoms with Gasteiger partial charge in [0.2, 0.25) is 6.79 Å². The second-order valence-corrected chi connectivity index (χ2v) is 3.48. The van der Waals surface area contributed by atoms with Crippen LogP contribution >= 0.6 is 0 Å². The van der Waals surface area contributed by atoms with Gasteiger partial charge in [0.15, 0.2) is 11.5 Å². The molecule has 2 rings (SSSR count). The number of nitrogens with zero attached hydrogens (tertiary/aromatic N) is 1. The van der Waals surface area contributed by atoms with E-state index in [0.29, 0.717) is 22.6 Å². The van der Waals surface area contributed by atoms with E-state index >= 15 is 0 Å². The maximum atomic E-state index is 12.0. The minimum atomic E-state index is -0.263. The fraction of sp³-hybridized carbons (Fsp3) is 0.250. The molecule has 1 aromatic rings. The average Bonchev–Trinajstić information content (AvgIpc) is 2.82. The fourth-order valence-corrected chi connectivity index (χ4v) is 1.56. The zero-order chi connectivity index (χ0) is 12.4. The lowest BCUT2D eigenvalue weighted by Crippen LogP contribution is -2.26. The van der Waals surface area contributed by atoms with Crippen molar-refractivity contribution in [2.75, 3.05) is 21.0 Å². The molecule has 1 heterocycles. The number of ether oxygens (including phenoxy) is 2. The SMILES string of the molecule is C=Cc1cc2c(cc1C(=O)N(C)OC)OCO2. The van der Waals surface area contributed by atoms with Gasteiger partial charge in [-0.15, -0.1) is 0 Å². The number of hydroxylamine groups is 2. The highest BCUT2D eigenvalue weighted by atomic mass is 16.7. The van der Waals surface area contributed by atoms with Crippen LogP contribution in [0.2, 0.25) is 0 Å². The molecule has 1 aliphatic rings. The van der Waals surface area contributed by atoms with Crippen molar-refractivity contribution in [3.63, 3.8) is 0 Å². The first-order chi connectivity index (χ1) is 8.17. The molecule has 5 nitrogen and oxygen atoms in total. The van der Waals surface area contributed by atoms with Crippen molar-refractivity contribution < 1.29 is 19.1 Å². The van der Waals surface area contributed by atoms with E-state index in [-0.39, 0.29) is 12.7 Å². The van der Waals surface area contributed by atoms with E-state index in [1.165, 1.54) is 7.11 Å². The topological polar surface area (TPSA) is 48.0 Å². The fourth-order valence-electron chi connectivity index (χ4n) is 1.56. The zero-order valence-electron chi connectivity index (χ0n) is 9.73. The quantitative estimate of drug-likeness (QED) is 0.748. The summed E-state index contributed by atoms with van der Waals surface area (Å²) in [4.78, 5) is 16.9. The zero-order valence-corrected chi connectivity index (χ0v) is 9.73. The Hall–Kier alpha value is -2.01. The number of fused-ring (bicyclic) bond motifs is 1. The van der Waals surface area contributed by atoms with Crippen LogP contribution in [-0.4, -0.2) is 31.9 Å². The highest BCUT2D eigenvalue weighted by Crippen LogP contribution is 2.35. The lowest BCUT2D eigenvalue weighted by atomic mass is 10.1. The van der Waals surface area contributed by atoms with Crippen LogP contribution in [0.5, 0.6) is 11.5 Å². The largest absolute Gasteiger partial charge is 0.454 e. The summed E-state index contributed by atoms with van der Waals surface area (Å²) in [6.45, 7) is 3.85. The van der Waals surface area contributed by atoms with Crippen LogP contribution < -0.4 is 9.47 Å². The van der Waals surface area contributed by atoms with Crippen LogP contribution in [0.1, 0.15) is 15.9 Å². The van der Waals surface area contributed by atoms with E-state index < -0.39 is 0 Å². The lowest BCUT2D eigenvalue weighted by Gasteiger charge is -2.15. The summed E-state index contributed by atoms with van der Waals surface area (Å²) in [6.07, 6.45) is 1.60. The van der Waals surface area contributed by atoms with E-state index in [0.717, 1.165) is 5.06 Å². The molecule has 0 spiro atoms. The van der Waals surface area contributed by atoms with Crippen molar-refractivity contribution in [2.24, 2.45) is 0 Å². The smallest absolute Gasteiger partial charge is 0.277 e. The monoisotopic (exact) mass is 235 g/mol. The summed E-state index contributed by atoms with van der Waals surface area (Å²) in [5.41, 5.74) is 1.15. The first kappa shape index (κ1) is 11.5. The Morgan fingerprint density at radius 1 is 1.47 bits per heavy atom. The van der Waals surface area contributed by atoms with Gasteiger partial charge in [0, 0.05) is 7.05 Å². The van der Waals surface area contributed by atoms with Gasteiger partial charge in [0.05, 0.1) is 12.7 Å². The summed E-state index contributed by atoms with van der Waals surface area (Å²) in [7, 11) is 2.97. The second-order valence-electron chi connectivity index (χ2n) is 3.48. The molecule has 5 heteroatoms. The van der Waals surface area contributed by atoms with Crippen LogP contribution in [0.25, 0.3) is 6.08 Å². The molecule has 0 atom stereocenters. The molecule has 0 saturated heterocycles. The van der Waals surface area contributed by atoms with E-state index in [4.69, 9.17) is 14.3 Å². The average molecular weight is 235 g/mol. The summed E-state index contributed by atoms with van der Waals surface area (Å²) in [6, 6.07) is 3.36. The molecule has 90 valence electrons. The first-order valence-corrected chi connectivity index (χ1v) is 5.05. The van der Waals surface area contributed by atoms with E-state index in [1.54, 1.807) is 25.3 Å². The van der Waals surface area contributed by atoms with E-state index in [1.807, 2.05) is 0 Å². The van der Waals surface area contributed by atoms with Gasteiger partial charge < -0.3 is 9.47 Å². The van der Waals surface area contributed by atoms with Crippen LogP contribution in [0.4, 0.5) is 0 Å². The number of amides is 1. The van der Waals surface area contributed by atoms with E-state index in [9.17, 15) is 4.79 Å².